The van der Waals surface area contributed by atoms with E-state index in [0.29, 0.717) is 0 Å². The molecule has 4 heteroatoms. The van der Waals surface area contributed by atoms with Crippen LogP contribution in [0.25, 0.3) is 5.69 Å². The SMILES string of the molecule is Cc1cc(C)c(-n2nc3c(c2Cl)CSC3)c(C)c1. The van der Waals surface area contributed by atoms with Crippen LogP contribution in [0.5, 0.6) is 0 Å². The first-order valence-corrected chi connectivity index (χ1v) is 7.53. The van der Waals surface area contributed by atoms with Gasteiger partial charge in [0.15, 0.2) is 0 Å². The number of halogens is 1. The van der Waals surface area contributed by atoms with E-state index in [1.807, 2.05) is 16.4 Å². The number of nitrogens with zero attached hydrogens (tertiary/aromatic N) is 2. The summed E-state index contributed by atoms with van der Waals surface area (Å²) in [6, 6.07) is 4.36. The molecule has 1 aliphatic rings. The van der Waals surface area contributed by atoms with E-state index in [0.717, 1.165) is 28.0 Å². The first kappa shape index (κ1) is 12.1. The Kier molecular flexibility index (Phi) is 2.91. The van der Waals surface area contributed by atoms with Gasteiger partial charge in [0.25, 0.3) is 0 Å². The highest BCUT2D eigenvalue weighted by molar-refractivity contribution is 7.98. The molecule has 0 unspecified atom stereocenters. The Morgan fingerprint density at radius 1 is 1.17 bits per heavy atom. The standard InChI is InChI=1S/C14H15ClN2S/c1-8-4-9(2)13(10(3)5-8)17-14(15)11-6-18-7-12(11)16-17/h4-5H,6-7H2,1-3H3. The minimum atomic E-state index is 0.782. The predicted molar refractivity (Wildman–Crippen MR) is 77.8 cm³/mol. The van der Waals surface area contributed by atoms with Crippen molar-refractivity contribution in [2.24, 2.45) is 0 Å². The minimum Gasteiger partial charge on any atom is -0.221 e. The van der Waals surface area contributed by atoms with Gasteiger partial charge in [-0.3, -0.25) is 0 Å². The van der Waals surface area contributed by atoms with Crippen molar-refractivity contribution in [2.75, 3.05) is 0 Å². The summed E-state index contributed by atoms with van der Waals surface area (Å²) in [5, 5.41) is 5.46. The highest BCUT2D eigenvalue weighted by Gasteiger charge is 2.23. The molecule has 1 aliphatic heterocycles. The van der Waals surface area contributed by atoms with Gasteiger partial charge in [-0.15, -0.1) is 0 Å². The van der Waals surface area contributed by atoms with Crippen molar-refractivity contribution >= 4 is 23.4 Å². The van der Waals surface area contributed by atoms with Gasteiger partial charge in [0.2, 0.25) is 0 Å². The Morgan fingerprint density at radius 3 is 2.44 bits per heavy atom. The van der Waals surface area contributed by atoms with Crippen molar-refractivity contribution < 1.29 is 0 Å². The first-order valence-electron chi connectivity index (χ1n) is 6.00. The summed E-state index contributed by atoms with van der Waals surface area (Å²) in [6.07, 6.45) is 0. The molecule has 1 aromatic heterocycles. The van der Waals surface area contributed by atoms with Crippen molar-refractivity contribution in [3.05, 3.63) is 45.2 Å². The largest absolute Gasteiger partial charge is 0.221 e. The van der Waals surface area contributed by atoms with Gasteiger partial charge in [-0.05, 0) is 31.9 Å². The van der Waals surface area contributed by atoms with Gasteiger partial charge >= 0.3 is 0 Å². The Labute approximate surface area is 116 Å². The van der Waals surface area contributed by atoms with Crippen LogP contribution < -0.4 is 0 Å². The van der Waals surface area contributed by atoms with E-state index >= 15 is 0 Å². The third-order valence-electron chi connectivity index (χ3n) is 3.34. The maximum absolute atomic E-state index is 6.48. The number of hydrogen-bond donors (Lipinski definition) is 0. The van der Waals surface area contributed by atoms with E-state index in [2.05, 4.69) is 38.0 Å². The second-order valence-corrected chi connectivity index (χ2v) is 6.21. The van der Waals surface area contributed by atoms with Crippen molar-refractivity contribution in [3.8, 4) is 5.69 Å². The quantitative estimate of drug-likeness (QED) is 0.778. The lowest BCUT2D eigenvalue weighted by Gasteiger charge is -2.12. The lowest BCUT2D eigenvalue weighted by Crippen LogP contribution is -2.03. The van der Waals surface area contributed by atoms with E-state index in [-0.39, 0.29) is 0 Å². The number of benzene rings is 1. The molecule has 0 spiro atoms. The van der Waals surface area contributed by atoms with Crippen molar-refractivity contribution in [1.82, 2.24) is 9.78 Å². The zero-order valence-electron chi connectivity index (χ0n) is 10.7. The Bertz CT molecular complexity index is 608. The molecular formula is C14H15ClN2S. The Balaban J connectivity index is 2.22. The summed E-state index contributed by atoms with van der Waals surface area (Å²) >= 11 is 8.35. The third-order valence-corrected chi connectivity index (χ3v) is 4.70. The average Bonchev–Trinajstić information content (AvgIpc) is 2.82. The van der Waals surface area contributed by atoms with E-state index in [4.69, 9.17) is 11.6 Å². The zero-order valence-corrected chi connectivity index (χ0v) is 12.3. The maximum atomic E-state index is 6.48. The summed E-state index contributed by atoms with van der Waals surface area (Å²) in [7, 11) is 0. The van der Waals surface area contributed by atoms with Gasteiger partial charge in [0.1, 0.15) is 5.15 Å². The molecule has 2 aromatic rings. The molecule has 0 saturated carbocycles. The van der Waals surface area contributed by atoms with E-state index in [1.165, 1.54) is 22.3 Å². The van der Waals surface area contributed by atoms with Crippen LogP contribution in [0.15, 0.2) is 12.1 Å². The van der Waals surface area contributed by atoms with Crippen LogP contribution >= 0.6 is 23.4 Å². The summed E-state index contributed by atoms with van der Waals surface area (Å²) in [4.78, 5) is 0. The number of aryl methyl sites for hydroxylation is 3. The van der Waals surface area contributed by atoms with Crippen LogP contribution in [-0.4, -0.2) is 9.78 Å². The second kappa shape index (κ2) is 4.32. The fourth-order valence-electron chi connectivity index (χ4n) is 2.64. The van der Waals surface area contributed by atoms with Gasteiger partial charge in [-0.2, -0.15) is 16.9 Å². The third kappa shape index (κ3) is 1.77. The molecule has 18 heavy (non-hydrogen) atoms. The van der Waals surface area contributed by atoms with Gasteiger partial charge < -0.3 is 0 Å². The summed E-state index contributed by atoms with van der Waals surface area (Å²) < 4.78 is 1.91. The normalized spacial score (nSPS) is 14.0. The molecule has 0 bridgehead atoms. The average molecular weight is 279 g/mol. The Hall–Kier alpha value is -0.930. The van der Waals surface area contributed by atoms with E-state index < -0.39 is 0 Å². The molecule has 0 saturated heterocycles. The van der Waals surface area contributed by atoms with Crippen molar-refractivity contribution in [2.45, 2.75) is 32.3 Å². The predicted octanol–water partition coefficient (Wildman–Crippen LogP) is 4.20. The summed E-state index contributed by atoms with van der Waals surface area (Å²) in [6.45, 7) is 6.35. The van der Waals surface area contributed by atoms with Gasteiger partial charge in [-0.25, -0.2) is 4.68 Å². The van der Waals surface area contributed by atoms with Gasteiger partial charge in [-0.1, -0.05) is 29.3 Å². The molecule has 0 radical (unpaired) electrons. The molecule has 0 atom stereocenters. The smallest absolute Gasteiger partial charge is 0.137 e. The first-order chi connectivity index (χ1) is 8.58. The zero-order chi connectivity index (χ0) is 12.9. The molecule has 0 aliphatic carbocycles. The monoisotopic (exact) mass is 278 g/mol. The molecule has 2 nitrogen and oxygen atoms in total. The highest BCUT2D eigenvalue weighted by Crippen LogP contribution is 2.36. The molecule has 94 valence electrons. The van der Waals surface area contributed by atoms with Crippen LogP contribution in [0.4, 0.5) is 0 Å². The number of rotatable bonds is 1. The van der Waals surface area contributed by atoms with E-state index in [9.17, 15) is 0 Å². The Morgan fingerprint density at radius 2 is 1.83 bits per heavy atom. The van der Waals surface area contributed by atoms with Crippen LogP contribution in [0.3, 0.4) is 0 Å². The summed E-state index contributed by atoms with van der Waals surface area (Å²) in [5.41, 5.74) is 7.21. The fourth-order valence-corrected chi connectivity index (χ4v) is 4.05. The maximum Gasteiger partial charge on any atom is 0.137 e. The molecule has 0 fully saturated rings. The lowest BCUT2D eigenvalue weighted by atomic mass is 10.1. The second-order valence-electron chi connectivity index (χ2n) is 4.87. The van der Waals surface area contributed by atoms with E-state index in [1.54, 1.807) is 0 Å². The highest BCUT2D eigenvalue weighted by atomic mass is 35.5. The molecular weight excluding hydrogens is 264 g/mol. The summed E-state index contributed by atoms with van der Waals surface area (Å²) in [5.74, 6) is 1.96. The van der Waals surface area contributed by atoms with Gasteiger partial charge in [0, 0.05) is 17.1 Å². The van der Waals surface area contributed by atoms with Crippen LogP contribution in [-0.2, 0) is 11.5 Å². The van der Waals surface area contributed by atoms with Gasteiger partial charge in [0.05, 0.1) is 11.4 Å². The van der Waals surface area contributed by atoms with Crippen LogP contribution in [0, 0.1) is 20.8 Å². The molecule has 2 heterocycles. The topological polar surface area (TPSA) is 17.8 Å². The molecule has 0 N–H and O–H groups in total. The fraction of sp³-hybridized carbons (Fsp3) is 0.357. The number of fused-ring (bicyclic) bond motifs is 1. The number of aromatic nitrogens is 2. The molecule has 1 aromatic carbocycles. The van der Waals surface area contributed by atoms with Crippen LogP contribution in [0.1, 0.15) is 27.9 Å². The van der Waals surface area contributed by atoms with Crippen molar-refractivity contribution in [3.63, 3.8) is 0 Å². The minimum absolute atomic E-state index is 0.782. The lowest BCUT2D eigenvalue weighted by molar-refractivity contribution is 0.846. The van der Waals surface area contributed by atoms with Crippen molar-refractivity contribution in [1.29, 1.82) is 0 Å². The van der Waals surface area contributed by atoms with Crippen LogP contribution in [0.2, 0.25) is 5.15 Å². The number of thioether (sulfide) groups is 1. The number of hydrogen-bond acceptors (Lipinski definition) is 2. The molecule has 0 amide bonds. The molecule has 3 rings (SSSR count).